The molecule has 0 radical (unpaired) electrons. The number of pyridine rings is 1. The van der Waals surface area contributed by atoms with Gasteiger partial charge in [0, 0.05) is 19.3 Å². The number of hydrogen-bond acceptors (Lipinski definition) is 3. The summed E-state index contributed by atoms with van der Waals surface area (Å²) in [6, 6.07) is 14.8. The summed E-state index contributed by atoms with van der Waals surface area (Å²) in [4.78, 5) is 28.5. The number of carboxylic acid groups (broad SMARTS) is 1. The molecule has 2 aromatic heterocycles. The minimum absolute atomic E-state index is 0.0388. The molecule has 2 heterocycles. The molecule has 4 rings (SSSR count). The molecule has 0 fully saturated rings. The molecule has 1 amide bonds. The number of nitrogens with one attached hydrogen (secondary N) is 1. The third-order valence-corrected chi connectivity index (χ3v) is 6.22. The van der Waals surface area contributed by atoms with Gasteiger partial charge in [0.15, 0.2) is 0 Å². The second kappa shape index (κ2) is 9.91. The van der Waals surface area contributed by atoms with Gasteiger partial charge in [-0.3, -0.25) is 9.78 Å². The topological polar surface area (TPSA) is 84.2 Å². The molecule has 0 saturated carbocycles. The highest BCUT2D eigenvalue weighted by atomic mass is 79.9. The zero-order valence-corrected chi connectivity index (χ0v) is 19.7. The number of benzene rings is 2. The van der Waals surface area contributed by atoms with E-state index in [0.29, 0.717) is 27.5 Å². The van der Waals surface area contributed by atoms with Crippen LogP contribution in [0.5, 0.6) is 0 Å². The first kappa shape index (κ1) is 24.5. The van der Waals surface area contributed by atoms with E-state index in [1.165, 1.54) is 18.2 Å². The molecule has 6 nitrogen and oxygen atoms in total. The Balaban J connectivity index is 1.59. The maximum absolute atomic E-state index is 13.2. The quantitative estimate of drug-likeness (QED) is 0.319. The van der Waals surface area contributed by atoms with Crippen molar-refractivity contribution < 1.29 is 27.9 Å². The van der Waals surface area contributed by atoms with Crippen molar-refractivity contribution in [1.82, 2.24) is 14.9 Å². The third-order valence-electron chi connectivity index (χ3n) is 5.47. The molecule has 0 aliphatic heterocycles. The standard InChI is InChI=1S/C25H19BrF3N3O3/c26-20-21-19(5-2-11-30-21)32(14-16-3-1-4-18(13-16)25(27,28)29)22(20)23(33)31-12-10-15-6-8-17(9-7-15)24(34)35/h1-9,11,13H,10,12,14H2,(H,31,33)(H,34,35). The molecule has 0 saturated heterocycles. The summed E-state index contributed by atoms with van der Waals surface area (Å²) in [6.45, 7) is 0.313. The van der Waals surface area contributed by atoms with Crippen LogP contribution in [0.2, 0.25) is 0 Å². The van der Waals surface area contributed by atoms with E-state index in [-0.39, 0.29) is 24.3 Å². The summed E-state index contributed by atoms with van der Waals surface area (Å²) < 4.78 is 41.7. The summed E-state index contributed by atoms with van der Waals surface area (Å²) in [6.07, 6.45) is -2.43. The van der Waals surface area contributed by atoms with Crippen LogP contribution in [0.1, 0.15) is 37.5 Å². The van der Waals surface area contributed by atoms with Crippen LogP contribution >= 0.6 is 15.9 Å². The van der Waals surface area contributed by atoms with Gasteiger partial charge < -0.3 is 15.0 Å². The number of carboxylic acids is 1. The van der Waals surface area contributed by atoms with Gasteiger partial charge in [-0.1, -0.05) is 24.3 Å². The van der Waals surface area contributed by atoms with Crippen molar-refractivity contribution in [2.75, 3.05) is 6.54 Å². The SMILES string of the molecule is O=C(O)c1ccc(CCNC(=O)c2c(Br)c3ncccc3n2Cc2cccc(C(F)(F)F)c2)cc1. The van der Waals surface area contributed by atoms with E-state index in [1.54, 1.807) is 41.1 Å². The molecule has 2 aromatic carbocycles. The fourth-order valence-electron chi connectivity index (χ4n) is 3.77. The van der Waals surface area contributed by atoms with Crippen molar-refractivity contribution in [3.8, 4) is 0 Å². The number of hydrogen-bond donors (Lipinski definition) is 2. The highest BCUT2D eigenvalue weighted by Crippen LogP contribution is 2.32. The maximum atomic E-state index is 13.2. The van der Waals surface area contributed by atoms with Crippen molar-refractivity contribution >= 4 is 38.8 Å². The number of carbonyl (C=O) groups excluding carboxylic acids is 1. The van der Waals surface area contributed by atoms with Crippen molar-refractivity contribution in [2.45, 2.75) is 19.1 Å². The van der Waals surface area contributed by atoms with Crippen LogP contribution in [0.25, 0.3) is 11.0 Å². The van der Waals surface area contributed by atoms with E-state index in [0.717, 1.165) is 17.7 Å². The smallest absolute Gasteiger partial charge is 0.416 e. The Morgan fingerprint density at radius 1 is 1.03 bits per heavy atom. The van der Waals surface area contributed by atoms with Gasteiger partial charge in [0.25, 0.3) is 5.91 Å². The molecule has 0 spiro atoms. The van der Waals surface area contributed by atoms with Crippen LogP contribution in [0.3, 0.4) is 0 Å². The Kier molecular flexibility index (Phi) is 6.93. The third kappa shape index (κ3) is 5.37. The average Bonchev–Trinajstić information content (AvgIpc) is 3.10. The Hall–Kier alpha value is -3.66. The fourth-order valence-corrected chi connectivity index (χ4v) is 4.47. The van der Waals surface area contributed by atoms with Gasteiger partial charge in [0.2, 0.25) is 0 Å². The summed E-state index contributed by atoms with van der Waals surface area (Å²) in [5.74, 6) is -1.43. The van der Waals surface area contributed by atoms with E-state index in [4.69, 9.17) is 5.11 Å². The minimum atomic E-state index is -4.47. The van der Waals surface area contributed by atoms with E-state index in [2.05, 4.69) is 26.2 Å². The predicted molar refractivity (Wildman–Crippen MR) is 127 cm³/mol. The molecule has 0 atom stereocenters. The number of aromatic carboxylic acids is 1. The van der Waals surface area contributed by atoms with Crippen molar-refractivity contribution in [3.05, 3.63) is 99.3 Å². The molecule has 0 aliphatic rings. The van der Waals surface area contributed by atoms with Gasteiger partial charge in [-0.25, -0.2) is 4.79 Å². The van der Waals surface area contributed by atoms with Gasteiger partial charge in [-0.05, 0) is 69.9 Å². The summed E-state index contributed by atoms with van der Waals surface area (Å²) in [5, 5.41) is 11.8. The highest BCUT2D eigenvalue weighted by Gasteiger charge is 2.30. The van der Waals surface area contributed by atoms with Crippen molar-refractivity contribution in [3.63, 3.8) is 0 Å². The van der Waals surface area contributed by atoms with Gasteiger partial charge in [-0.2, -0.15) is 13.2 Å². The lowest BCUT2D eigenvalue weighted by Crippen LogP contribution is -2.28. The van der Waals surface area contributed by atoms with Gasteiger partial charge >= 0.3 is 12.1 Å². The fraction of sp³-hybridized carbons (Fsp3) is 0.160. The van der Waals surface area contributed by atoms with Crippen molar-refractivity contribution in [1.29, 1.82) is 0 Å². The Labute approximate surface area is 206 Å². The van der Waals surface area contributed by atoms with Crippen LogP contribution in [-0.4, -0.2) is 33.1 Å². The molecule has 180 valence electrons. The Morgan fingerprint density at radius 2 is 1.77 bits per heavy atom. The number of carbonyl (C=O) groups is 2. The molecule has 0 aliphatic carbocycles. The first-order valence-corrected chi connectivity index (χ1v) is 11.3. The monoisotopic (exact) mass is 545 g/mol. The van der Waals surface area contributed by atoms with Crippen LogP contribution < -0.4 is 5.32 Å². The zero-order chi connectivity index (χ0) is 25.2. The average molecular weight is 546 g/mol. The van der Waals surface area contributed by atoms with Crippen LogP contribution in [0.4, 0.5) is 13.2 Å². The normalized spacial score (nSPS) is 11.5. The number of amides is 1. The second-order valence-corrected chi connectivity index (χ2v) is 8.62. The largest absolute Gasteiger partial charge is 0.478 e. The molecule has 0 unspecified atom stereocenters. The molecule has 0 bridgehead atoms. The van der Waals surface area contributed by atoms with Crippen LogP contribution in [0, 0.1) is 0 Å². The molecule has 4 aromatic rings. The number of aromatic nitrogens is 2. The number of rotatable bonds is 7. The van der Waals surface area contributed by atoms with Crippen LogP contribution in [0.15, 0.2) is 71.3 Å². The van der Waals surface area contributed by atoms with Crippen LogP contribution in [-0.2, 0) is 19.1 Å². The minimum Gasteiger partial charge on any atom is -0.478 e. The van der Waals surface area contributed by atoms with Crippen molar-refractivity contribution in [2.24, 2.45) is 0 Å². The summed E-state index contributed by atoms with van der Waals surface area (Å²) in [5.41, 5.74) is 2.02. The summed E-state index contributed by atoms with van der Waals surface area (Å²) in [7, 11) is 0. The zero-order valence-electron chi connectivity index (χ0n) is 18.1. The summed E-state index contributed by atoms with van der Waals surface area (Å²) >= 11 is 3.44. The lowest BCUT2D eigenvalue weighted by Gasteiger charge is -2.13. The number of nitrogens with zero attached hydrogens (tertiary/aromatic N) is 2. The molecule has 2 N–H and O–H groups in total. The number of fused-ring (bicyclic) bond motifs is 1. The van der Waals surface area contributed by atoms with Gasteiger partial charge in [0.1, 0.15) is 11.2 Å². The maximum Gasteiger partial charge on any atom is 0.416 e. The first-order valence-electron chi connectivity index (χ1n) is 10.5. The Bertz CT molecular complexity index is 1400. The van der Waals surface area contributed by atoms with E-state index in [1.807, 2.05) is 0 Å². The molecular weight excluding hydrogens is 527 g/mol. The predicted octanol–water partition coefficient (Wildman–Crippen LogP) is 5.54. The number of alkyl halides is 3. The lowest BCUT2D eigenvalue weighted by atomic mass is 10.1. The second-order valence-electron chi connectivity index (χ2n) is 7.83. The van der Waals surface area contributed by atoms with E-state index < -0.39 is 23.6 Å². The first-order chi connectivity index (χ1) is 16.6. The number of halogens is 4. The molecular formula is C25H19BrF3N3O3. The van der Waals surface area contributed by atoms with Gasteiger partial charge in [-0.15, -0.1) is 0 Å². The molecule has 10 heteroatoms. The highest BCUT2D eigenvalue weighted by molar-refractivity contribution is 9.10. The van der Waals surface area contributed by atoms with Gasteiger partial charge in [0.05, 0.1) is 21.1 Å². The lowest BCUT2D eigenvalue weighted by molar-refractivity contribution is -0.137. The molecule has 35 heavy (non-hydrogen) atoms. The van der Waals surface area contributed by atoms with E-state index in [9.17, 15) is 22.8 Å². The Morgan fingerprint density at radius 3 is 2.46 bits per heavy atom. The van der Waals surface area contributed by atoms with E-state index >= 15 is 0 Å².